The highest BCUT2D eigenvalue weighted by molar-refractivity contribution is 7.99. The van der Waals surface area contributed by atoms with E-state index >= 15 is 0 Å². The number of piperidine rings is 1. The van der Waals surface area contributed by atoms with E-state index in [0.29, 0.717) is 12.1 Å². The molecule has 1 aromatic rings. The highest BCUT2D eigenvalue weighted by atomic mass is 32.2. The summed E-state index contributed by atoms with van der Waals surface area (Å²) in [6, 6.07) is 6.91. The first-order valence-electron chi connectivity index (χ1n) is 8.50. The molecule has 2 heterocycles. The second-order valence-corrected chi connectivity index (χ2v) is 7.45. The van der Waals surface area contributed by atoms with Crippen LogP contribution >= 0.6 is 11.8 Å². The minimum atomic E-state index is 0.346. The van der Waals surface area contributed by atoms with Crippen LogP contribution in [0, 0.1) is 0 Å². The molecule has 0 radical (unpaired) electrons. The molecule has 2 saturated heterocycles. The minimum absolute atomic E-state index is 0.346. The summed E-state index contributed by atoms with van der Waals surface area (Å²) in [6.45, 7) is 1.14. The van der Waals surface area contributed by atoms with Gasteiger partial charge in [-0.2, -0.15) is 11.8 Å². The van der Waals surface area contributed by atoms with Crippen molar-refractivity contribution in [3.8, 4) is 11.5 Å². The van der Waals surface area contributed by atoms with Crippen LogP contribution in [-0.2, 0) is 6.42 Å². The molecule has 0 spiro atoms. The van der Waals surface area contributed by atoms with Gasteiger partial charge in [-0.15, -0.1) is 0 Å². The van der Waals surface area contributed by atoms with Crippen LogP contribution in [0.1, 0.15) is 37.7 Å². The summed E-state index contributed by atoms with van der Waals surface area (Å²) in [5.41, 5.74) is 1.27. The van der Waals surface area contributed by atoms with E-state index in [0.717, 1.165) is 37.3 Å². The number of hydrogen-bond donors (Lipinski definition) is 1. The molecular weight excluding hydrogens is 294 g/mol. The molecular formula is C18H27NO2S. The largest absolute Gasteiger partial charge is 0.493 e. The third kappa shape index (κ3) is 4.11. The first-order valence-corrected chi connectivity index (χ1v) is 9.66. The molecule has 1 atom stereocenters. The van der Waals surface area contributed by atoms with Crippen LogP contribution in [0.15, 0.2) is 18.2 Å². The third-order valence-electron chi connectivity index (χ3n) is 4.61. The monoisotopic (exact) mass is 321 g/mol. The Morgan fingerprint density at radius 3 is 2.77 bits per heavy atom. The van der Waals surface area contributed by atoms with Gasteiger partial charge in [-0.1, -0.05) is 18.6 Å². The molecule has 2 aliphatic rings. The molecule has 22 heavy (non-hydrogen) atoms. The van der Waals surface area contributed by atoms with Crippen molar-refractivity contribution in [1.29, 1.82) is 0 Å². The van der Waals surface area contributed by atoms with Crippen LogP contribution in [0.4, 0.5) is 0 Å². The molecule has 3 nitrogen and oxygen atoms in total. The van der Waals surface area contributed by atoms with Gasteiger partial charge in [0.05, 0.1) is 7.11 Å². The number of rotatable bonds is 5. The normalized spacial score (nSPS) is 23.2. The summed E-state index contributed by atoms with van der Waals surface area (Å²) >= 11 is 2.03. The summed E-state index contributed by atoms with van der Waals surface area (Å²) in [5, 5.41) is 3.62. The molecule has 2 aliphatic heterocycles. The van der Waals surface area contributed by atoms with Crippen molar-refractivity contribution in [2.24, 2.45) is 0 Å². The fourth-order valence-corrected chi connectivity index (χ4v) is 4.45. The Hall–Kier alpha value is -0.870. The van der Waals surface area contributed by atoms with Gasteiger partial charge >= 0.3 is 0 Å². The average Bonchev–Trinajstić information content (AvgIpc) is 2.57. The van der Waals surface area contributed by atoms with Crippen molar-refractivity contribution in [1.82, 2.24) is 5.32 Å². The van der Waals surface area contributed by atoms with Crippen molar-refractivity contribution in [2.45, 2.75) is 50.7 Å². The fraction of sp³-hybridized carbons (Fsp3) is 0.667. The summed E-state index contributed by atoms with van der Waals surface area (Å²) in [5.74, 6) is 4.28. The lowest BCUT2D eigenvalue weighted by molar-refractivity contribution is 0.184. The Morgan fingerprint density at radius 2 is 2.05 bits per heavy atom. The smallest absolute Gasteiger partial charge is 0.163 e. The fourth-order valence-electron chi connectivity index (χ4n) is 3.38. The number of nitrogens with one attached hydrogen (secondary N) is 1. The standard InChI is InChI=1S/C18H27NO2S/c1-20-18-14(13-15-6-2-3-10-19-15)5-4-7-17(18)21-16-8-11-22-12-9-16/h4-5,7,15-16,19H,2-3,6,8-13H2,1H3. The second-order valence-electron chi connectivity index (χ2n) is 6.23. The van der Waals surface area contributed by atoms with Crippen molar-refractivity contribution >= 4 is 11.8 Å². The second kappa shape index (κ2) is 8.11. The van der Waals surface area contributed by atoms with Crippen LogP contribution in [0.25, 0.3) is 0 Å². The lowest BCUT2D eigenvalue weighted by Gasteiger charge is -2.26. The Bertz CT molecular complexity index is 430. The average molecular weight is 321 g/mol. The molecule has 1 unspecified atom stereocenters. The number of benzene rings is 1. The molecule has 0 bridgehead atoms. The van der Waals surface area contributed by atoms with Crippen LogP contribution in [0.2, 0.25) is 0 Å². The van der Waals surface area contributed by atoms with Crippen molar-refractivity contribution < 1.29 is 9.47 Å². The Balaban J connectivity index is 1.71. The molecule has 1 N–H and O–H groups in total. The highest BCUT2D eigenvalue weighted by Gasteiger charge is 2.20. The van der Waals surface area contributed by atoms with E-state index in [-0.39, 0.29) is 0 Å². The molecule has 3 rings (SSSR count). The molecule has 0 saturated carbocycles. The van der Waals surface area contributed by atoms with Gasteiger partial charge in [0, 0.05) is 6.04 Å². The number of para-hydroxylation sites is 1. The lowest BCUT2D eigenvalue weighted by atomic mass is 9.97. The topological polar surface area (TPSA) is 30.5 Å². The molecule has 0 amide bonds. The van der Waals surface area contributed by atoms with Gasteiger partial charge in [-0.3, -0.25) is 0 Å². The third-order valence-corrected chi connectivity index (χ3v) is 5.65. The van der Waals surface area contributed by atoms with Crippen LogP contribution in [0.3, 0.4) is 0 Å². The molecule has 0 aromatic heterocycles. The summed E-state index contributed by atoms with van der Waals surface area (Å²) in [7, 11) is 1.76. The maximum absolute atomic E-state index is 6.25. The first kappa shape index (κ1) is 16.0. The van der Waals surface area contributed by atoms with Gasteiger partial charge in [-0.05, 0) is 61.8 Å². The Kier molecular flexibility index (Phi) is 5.90. The van der Waals surface area contributed by atoms with Crippen molar-refractivity contribution in [3.63, 3.8) is 0 Å². The SMILES string of the molecule is COc1c(CC2CCCCN2)cccc1OC1CCSCC1. The number of ether oxygens (including phenoxy) is 2. The van der Waals surface area contributed by atoms with Gasteiger partial charge in [0.15, 0.2) is 11.5 Å². The predicted molar refractivity (Wildman–Crippen MR) is 93.3 cm³/mol. The number of thioether (sulfide) groups is 1. The van der Waals surface area contributed by atoms with E-state index in [2.05, 4.69) is 23.5 Å². The van der Waals surface area contributed by atoms with E-state index in [1.165, 1.54) is 36.3 Å². The predicted octanol–water partition coefficient (Wildman–Crippen LogP) is 3.65. The van der Waals surface area contributed by atoms with Gasteiger partial charge < -0.3 is 14.8 Å². The van der Waals surface area contributed by atoms with Crippen LogP contribution in [-0.4, -0.2) is 37.3 Å². The Labute approximate surface area is 138 Å². The number of methoxy groups -OCH3 is 1. The van der Waals surface area contributed by atoms with Crippen molar-refractivity contribution in [2.75, 3.05) is 25.2 Å². The van der Waals surface area contributed by atoms with Crippen LogP contribution in [0.5, 0.6) is 11.5 Å². The molecule has 1 aromatic carbocycles. The van der Waals surface area contributed by atoms with E-state index in [4.69, 9.17) is 9.47 Å². The zero-order valence-corrected chi connectivity index (χ0v) is 14.3. The molecule has 2 fully saturated rings. The van der Waals surface area contributed by atoms with E-state index in [1.54, 1.807) is 7.11 Å². The van der Waals surface area contributed by atoms with Gasteiger partial charge in [0.2, 0.25) is 0 Å². The van der Waals surface area contributed by atoms with Gasteiger partial charge in [-0.25, -0.2) is 0 Å². The molecule has 0 aliphatic carbocycles. The highest BCUT2D eigenvalue weighted by Crippen LogP contribution is 2.34. The summed E-state index contributed by atoms with van der Waals surface area (Å²) < 4.78 is 11.9. The first-order chi connectivity index (χ1) is 10.9. The molecule has 4 heteroatoms. The van der Waals surface area contributed by atoms with Crippen molar-refractivity contribution in [3.05, 3.63) is 23.8 Å². The van der Waals surface area contributed by atoms with Gasteiger partial charge in [0.25, 0.3) is 0 Å². The lowest BCUT2D eigenvalue weighted by Crippen LogP contribution is -2.35. The zero-order valence-electron chi connectivity index (χ0n) is 13.5. The summed E-state index contributed by atoms with van der Waals surface area (Å²) in [6.07, 6.45) is 7.55. The van der Waals surface area contributed by atoms with Crippen LogP contribution < -0.4 is 14.8 Å². The quantitative estimate of drug-likeness (QED) is 0.896. The Morgan fingerprint density at radius 1 is 1.18 bits per heavy atom. The number of hydrogen-bond acceptors (Lipinski definition) is 4. The van der Waals surface area contributed by atoms with E-state index in [9.17, 15) is 0 Å². The maximum Gasteiger partial charge on any atom is 0.163 e. The summed E-state index contributed by atoms with van der Waals surface area (Å²) in [4.78, 5) is 0. The van der Waals surface area contributed by atoms with E-state index < -0.39 is 0 Å². The minimum Gasteiger partial charge on any atom is -0.493 e. The zero-order chi connectivity index (χ0) is 15.2. The van der Waals surface area contributed by atoms with E-state index in [1.807, 2.05) is 11.8 Å². The molecule has 122 valence electrons. The maximum atomic E-state index is 6.25. The van der Waals surface area contributed by atoms with Gasteiger partial charge in [0.1, 0.15) is 6.10 Å².